The molecule has 1 atom stereocenters. The molecule has 3 heteroatoms. The lowest BCUT2D eigenvalue weighted by atomic mass is 9.98. The summed E-state index contributed by atoms with van der Waals surface area (Å²) in [6.07, 6.45) is 1.20. The summed E-state index contributed by atoms with van der Waals surface area (Å²) in [5, 5.41) is 0. The van der Waals surface area contributed by atoms with Crippen LogP contribution >= 0.6 is 11.6 Å². The number of alkyl halides is 1. The van der Waals surface area contributed by atoms with Crippen LogP contribution in [0.4, 0.5) is 8.78 Å². The molecule has 14 heavy (non-hydrogen) atoms. The Bertz CT molecular complexity index is 275. The van der Waals surface area contributed by atoms with Gasteiger partial charge in [-0.1, -0.05) is 19.4 Å². The minimum Gasteiger partial charge on any atom is -0.207 e. The smallest absolute Gasteiger partial charge is 0.129 e. The second kappa shape index (κ2) is 5.30. The van der Waals surface area contributed by atoms with Gasteiger partial charge in [-0.05, 0) is 24.5 Å². The van der Waals surface area contributed by atoms with Gasteiger partial charge in [0.15, 0.2) is 0 Å². The predicted octanol–water partition coefficient (Wildman–Crippen LogP) is 3.77. The first-order chi connectivity index (χ1) is 6.69. The average molecular weight is 219 g/mol. The second-order valence-electron chi connectivity index (χ2n) is 3.33. The van der Waals surface area contributed by atoms with E-state index in [-0.39, 0.29) is 11.5 Å². The summed E-state index contributed by atoms with van der Waals surface area (Å²) in [5.74, 6) is -0.380. The van der Waals surface area contributed by atoms with Crippen molar-refractivity contribution in [2.24, 2.45) is 5.92 Å². The first kappa shape index (κ1) is 11.4. The van der Waals surface area contributed by atoms with E-state index in [0.29, 0.717) is 12.3 Å². The van der Waals surface area contributed by atoms with Crippen LogP contribution in [0.15, 0.2) is 18.2 Å². The van der Waals surface area contributed by atoms with Gasteiger partial charge in [-0.15, -0.1) is 11.6 Å². The fourth-order valence-electron chi connectivity index (χ4n) is 1.32. The second-order valence-corrected chi connectivity index (χ2v) is 3.64. The Labute approximate surface area is 87.9 Å². The van der Waals surface area contributed by atoms with Crippen molar-refractivity contribution < 1.29 is 8.78 Å². The molecule has 0 aliphatic carbocycles. The van der Waals surface area contributed by atoms with Crippen LogP contribution in [0.25, 0.3) is 0 Å². The van der Waals surface area contributed by atoms with Gasteiger partial charge in [-0.25, -0.2) is 8.78 Å². The summed E-state index contributed by atoms with van der Waals surface area (Å²) < 4.78 is 26.4. The zero-order chi connectivity index (χ0) is 10.6. The number of rotatable bonds is 4. The minimum absolute atomic E-state index is 0.142. The highest BCUT2D eigenvalue weighted by Gasteiger charge is 2.13. The molecule has 0 saturated heterocycles. The van der Waals surface area contributed by atoms with Gasteiger partial charge in [0.05, 0.1) is 0 Å². The van der Waals surface area contributed by atoms with Gasteiger partial charge in [-0.2, -0.15) is 0 Å². The monoisotopic (exact) mass is 218 g/mol. The third-order valence-corrected chi connectivity index (χ3v) is 2.79. The molecule has 0 spiro atoms. The van der Waals surface area contributed by atoms with Gasteiger partial charge in [0.25, 0.3) is 0 Å². The lowest BCUT2D eigenvalue weighted by Gasteiger charge is -2.12. The molecule has 1 aromatic carbocycles. The predicted molar refractivity (Wildman–Crippen MR) is 54.6 cm³/mol. The Hall–Kier alpha value is -0.630. The fourth-order valence-corrected chi connectivity index (χ4v) is 1.65. The number of halogens is 3. The van der Waals surface area contributed by atoms with Crippen LogP contribution in [0.3, 0.4) is 0 Å². The van der Waals surface area contributed by atoms with Gasteiger partial charge < -0.3 is 0 Å². The molecule has 0 amide bonds. The molecule has 0 N–H and O–H groups in total. The molecule has 0 nitrogen and oxygen atoms in total. The van der Waals surface area contributed by atoms with Crippen LogP contribution in [0.1, 0.15) is 18.9 Å². The van der Waals surface area contributed by atoms with Crippen molar-refractivity contribution in [1.29, 1.82) is 0 Å². The minimum atomic E-state index is -0.478. The van der Waals surface area contributed by atoms with Crippen LogP contribution < -0.4 is 0 Å². The van der Waals surface area contributed by atoms with Crippen molar-refractivity contribution in [2.45, 2.75) is 19.8 Å². The van der Waals surface area contributed by atoms with Crippen molar-refractivity contribution in [2.75, 3.05) is 5.88 Å². The lowest BCUT2D eigenvalue weighted by Crippen LogP contribution is -2.08. The maximum atomic E-state index is 13.2. The van der Waals surface area contributed by atoms with Crippen LogP contribution in [-0.4, -0.2) is 5.88 Å². The maximum Gasteiger partial charge on any atom is 0.129 e. The molecule has 1 rings (SSSR count). The highest BCUT2D eigenvalue weighted by Crippen LogP contribution is 2.19. The van der Waals surface area contributed by atoms with E-state index in [1.165, 1.54) is 18.2 Å². The third kappa shape index (κ3) is 2.68. The maximum absolute atomic E-state index is 13.2. The molecule has 1 unspecified atom stereocenters. The normalized spacial score (nSPS) is 12.9. The Morgan fingerprint density at radius 3 is 2.29 bits per heavy atom. The summed E-state index contributed by atoms with van der Waals surface area (Å²) in [6, 6.07) is 3.93. The van der Waals surface area contributed by atoms with Crippen molar-refractivity contribution in [3.05, 3.63) is 35.4 Å². The standard InChI is InChI=1S/C11H13ClF2/c1-2-8(7-12)6-9-10(13)4-3-5-11(9)14/h3-5,8H,2,6-7H2,1H3. The number of benzene rings is 1. The van der Waals surface area contributed by atoms with Crippen molar-refractivity contribution >= 4 is 11.6 Å². The first-order valence-electron chi connectivity index (χ1n) is 4.67. The number of hydrogen-bond acceptors (Lipinski definition) is 0. The highest BCUT2D eigenvalue weighted by atomic mass is 35.5. The Morgan fingerprint density at radius 1 is 1.29 bits per heavy atom. The van der Waals surface area contributed by atoms with E-state index in [1.807, 2.05) is 6.92 Å². The van der Waals surface area contributed by atoms with E-state index < -0.39 is 11.6 Å². The summed E-state index contributed by atoms with van der Waals surface area (Å²) >= 11 is 5.68. The van der Waals surface area contributed by atoms with Gasteiger partial charge >= 0.3 is 0 Å². The van der Waals surface area contributed by atoms with Crippen molar-refractivity contribution in [3.63, 3.8) is 0 Å². The molecule has 0 aliphatic heterocycles. The molecule has 0 bridgehead atoms. The molecular weight excluding hydrogens is 206 g/mol. The van der Waals surface area contributed by atoms with E-state index in [1.54, 1.807) is 0 Å². The zero-order valence-electron chi connectivity index (χ0n) is 8.06. The quantitative estimate of drug-likeness (QED) is 0.675. The van der Waals surface area contributed by atoms with Crippen LogP contribution in [0, 0.1) is 17.6 Å². The van der Waals surface area contributed by atoms with Gasteiger partial charge in [0.2, 0.25) is 0 Å². The fraction of sp³-hybridized carbons (Fsp3) is 0.455. The van der Waals surface area contributed by atoms with Crippen LogP contribution in [0.2, 0.25) is 0 Å². The molecule has 1 aromatic rings. The molecule has 0 radical (unpaired) electrons. The number of hydrogen-bond donors (Lipinski definition) is 0. The topological polar surface area (TPSA) is 0 Å². The summed E-state index contributed by atoms with van der Waals surface area (Å²) in [5.41, 5.74) is 0.153. The van der Waals surface area contributed by atoms with Gasteiger partial charge in [0, 0.05) is 11.4 Å². The van der Waals surface area contributed by atoms with Gasteiger partial charge in [0.1, 0.15) is 11.6 Å². The molecule has 0 heterocycles. The van der Waals surface area contributed by atoms with E-state index >= 15 is 0 Å². The molecule has 0 saturated carbocycles. The summed E-state index contributed by atoms with van der Waals surface area (Å²) in [6.45, 7) is 1.96. The van der Waals surface area contributed by atoms with Gasteiger partial charge in [-0.3, -0.25) is 0 Å². The molecule has 78 valence electrons. The van der Waals surface area contributed by atoms with E-state index in [4.69, 9.17) is 11.6 Å². The zero-order valence-corrected chi connectivity index (χ0v) is 8.82. The SMILES string of the molecule is CCC(CCl)Cc1c(F)cccc1F. The van der Waals surface area contributed by atoms with Crippen LogP contribution in [-0.2, 0) is 6.42 Å². The summed E-state index contributed by atoms with van der Waals surface area (Å²) in [4.78, 5) is 0. The Balaban J connectivity index is 2.84. The molecular formula is C11H13ClF2. The first-order valence-corrected chi connectivity index (χ1v) is 5.21. The Morgan fingerprint density at radius 2 is 1.86 bits per heavy atom. The largest absolute Gasteiger partial charge is 0.207 e. The Kier molecular flexibility index (Phi) is 4.33. The van der Waals surface area contributed by atoms with Crippen molar-refractivity contribution in [1.82, 2.24) is 0 Å². The average Bonchev–Trinajstić information content (AvgIpc) is 2.18. The lowest BCUT2D eigenvalue weighted by molar-refractivity contribution is 0.501. The van der Waals surface area contributed by atoms with E-state index in [2.05, 4.69) is 0 Å². The van der Waals surface area contributed by atoms with E-state index in [0.717, 1.165) is 6.42 Å². The highest BCUT2D eigenvalue weighted by molar-refractivity contribution is 6.18. The van der Waals surface area contributed by atoms with E-state index in [9.17, 15) is 8.78 Å². The molecule has 0 aromatic heterocycles. The van der Waals surface area contributed by atoms with Crippen molar-refractivity contribution in [3.8, 4) is 0 Å². The summed E-state index contributed by atoms with van der Waals surface area (Å²) in [7, 11) is 0. The molecule has 0 fully saturated rings. The van der Waals surface area contributed by atoms with Crippen LogP contribution in [0.5, 0.6) is 0 Å². The third-order valence-electron chi connectivity index (χ3n) is 2.35. The molecule has 0 aliphatic rings.